The minimum atomic E-state index is -0.703. The first-order valence-electron chi connectivity index (χ1n) is 5.01. The monoisotopic (exact) mass is 261 g/mol. The summed E-state index contributed by atoms with van der Waals surface area (Å²) in [4.78, 5) is 20.0. The van der Waals surface area contributed by atoms with Crippen LogP contribution >= 0.6 is 11.9 Å². The van der Waals surface area contributed by atoms with Crippen LogP contribution in [0.1, 0.15) is 10.5 Å². The lowest BCUT2D eigenvalue weighted by molar-refractivity contribution is 0.0996. The first-order valence-corrected chi connectivity index (χ1v) is 5.89. The maximum atomic E-state index is 11.1. The van der Waals surface area contributed by atoms with E-state index in [2.05, 4.69) is 9.97 Å². The van der Waals surface area contributed by atoms with Crippen LogP contribution in [0, 0.1) is 0 Å². The Morgan fingerprint density at radius 3 is 2.78 bits per heavy atom. The average molecular weight is 261 g/mol. The molecule has 0 aliphatic carbocycles. The van der Waals surface area contributed by atoms with Crippen molar-refractivity contribution in [3.8, 4) is 11.3 Å². The number of hydrogen-bond acceptors (Lipinski definition) is 6. The molecule has 1 amide bonds. The normalized spacial score (nSPS) is 10.3. The topological polar surface area (TPSA) is 121 Å². The molecule has 0 saturated heterocycles. The van der Waals surface area contributed by atoms with Crippen LogP contribution in [0.2, 0.25) is 0 Å². The predicted octanol–water partition coefficient (Wildman–Crippen LogP) is 0.790. The van der Waals surface area contributed by atoms with E-state index in [1.807, 2.05) is 24.3 Å². The van der Waals surface area contributed by atoms with Crippen molar-refractivity contribution in [1.29, 1.82) is 0 Å². The second kappa shape index (κ2) is 5.03. The van der Waals surface area contributed by atoms with Crippen LogP contribution < -0.4 is 16.6 Å². The van der Waals surface area contributed by atoms with Crippen molar-refractivity contribution >= 4 is 23.7 Å². The van der Waals surface area contributed by atoms with E-state index < -0.39 is 5.91 Å². The molecule has 0 radical (unpaired) electrons. The second-order valence-electron chi connectivity index (χ2n) is 3.50. The molecule has 1 heterocycles. The highest BCUT2D eigenvalue weighted by Gasteiger charge is 2.11. The number of rotatable bonds is 3. The third kappa shape index (κ3) is 2.41. The van der Waals surface area contributed by atoms with Gasteiger partial charge in [-0.05, 0) is 24.1 Å². The fraction of sp³-hybridized carbons (Fsp3) is 0. The zero-order valence-electron chi connectivity index (χ0n) is 9.33. The third-order valence-electron chi connectivity index (χ3n) is 2.30. The van der Waals surface area contributed by atoms with E-state index in [-0.39, 0.29) is 11.5 Å². The van der Waals surface area contributed by atoms with Crippen LogP contribution in [-0.4, -0.2) is 15.9 Å². The third-order valence-corrected chi connectivity index (χ3v) is 2.83. The lowest BCUT2D eigenvalue weighted by Crippen LogP contribution is -2.17. The number of nitrogens with two attached hydrogens (primary N) is 3. The predicted molar refractivity (Wildman–Crippen MR) is 70.4 cm³/mol. The minimum absolute atomic E-state index is 0.0237. The average Bonchev–Trinajstić information content (AvgIpc) is 2.39. The van der Waals surface area contributed by atoms with Crippen LogP contribution in [-0.2, 0) is 0 Å². The quantitative estimate of drug-likeness (QED) is 0.702. The van der Waals surface area contributed by atoms with E-state index in [4.69, 9.17) is 16.6 Å². The van der Waals surface area contributed by atoms with Gasteiger partial charge < -0.3 is 11.5 Å². The molecule has 6 N–H and O–H groups in total. The van der Waals surface area contributed by atoms with E-state index in [0.717, 1.165) is 22.4 Å². The lowest BCUT2D eigenvalue weighted by Gasteiger charge is -2.05. The summed E-state index contributed by atoms with van der Waals surface area (Å²) in [5.74, 6) is -0.679. The Morgan fingerprint density at radius 2 is 2.11 bits per heavy atom. The molecule has 0 fully saturated rings. The van der Waals surface area contributed by atoms with Crippen molar-refractivity contribution < 1.29 is 4.79 Å². The zero-order chi connectivity index (χ0) is 13.1. The smallest absolute Gasteiger partial charge is 0.271 e. The molecule has 1 aromatic carbocycles. The Kier molecular flexibility index (Phi) is 3.45. The number of carbonyl (C=O) groups is 1. The molecule has 0 atom stereocenters. The standard InChI is InChI=1S/C11H11N5OS/c12-10-9(11(13)17)16-8(5-15-10)6-2-1-3-7(4-6)18-14/h1-5H,14H2,(H2,12,15)(H2,13,17). The van der Waals surface area contributed by atoms with Gasteiger partial charge in [0.05, 0.1) is 11.9 Å². The van der Waals surface area contributed by atoms with Gasteiger partial charge in [-0.15, -0.1) is 0 Å². The van der Waals surface area contributed by atoms with Crippen LogP contribution in [0.4, 0.5) is 5.82 Å². The highest BCUT2D eigenvalue weighted by atomic mass is 32.2. The number of hydrogen-bond donors (Lipinski definition) is 3. The number of anilines is 1. The van der Waals surface area contributed by atoms with Crippen LogP contribution in [0.15, 0.2) is 35.4 Å². The highest BCUT2D eigenvalue weighted by Crippen LogP contribution is 2.22. The Morgan fingerprint density at radius 1 is 1.33 bits per heavy atom. The molecule has 2 rings (SSSR count). The van der Waals surface area contributed by atoms with Gasteiger partial charge in [0.2, 0.25) is 0 Å². The Labute approximate surface area is 108 Å². The molecular weight excluding hydrogens is 250 g/mol. The number of benzene rings is 1. The van der Waals surface area contributed by atoms with E-state index >= 15 is 0 Å². The fourth-order valence-corrected chi connectivity index (χ4v) is 1.80. The molecule has 2 aromatic rings. The number of nitrogens with zero attached hydrogens (tertiary/aromatic N) is 2. The molecule has 18 heavy (non-hydrogen) atoms. The van der Waals surface area contributed by atoms with Crippen LogP contribution in [0.25, 0.3) is 11.3 Å². The van der Waals surface area contributed by atoms with Gasteiger partial charge >= 0.3 is 0 Å². The Balaban J connectivity index is 2.50. The summed E-state index contributed by atoms with van der Waals surface area (Å²) in [6.07, 6.45) is 1.49. The summed E-state index contributed by atoms with van der Waals surface area (Å²) in [5, 5.41) is 5.49. The van der Waals surface area contributed by atoms with Crippen molar-refractivity contribution in [2.45, 2.75) is 4.90 Å². The number of nitrogen functional groups attached to an aromatic ring is 1. The molecule has 7 heteroatoms. The number of primary amides is 1. The Bertz CT molecular complexity index is 602. The van der Waals surface area contributed by atoms with Gasteiger partial charge in [-0.3, -0.25) is 9.93 Å². The summed E-state index contributed by atoms with van der Waals surface area (Å²) >= 11 is 1.13. The summed E-state index contributed by atoms with van der Waals surface area (Å²) in [6.45, 7) is 0. The number of aromatic nitrogens is 2. The van der Waals surface area contributed by atoms with E-state index in [0.29, 0.717) is 5.69 Å². The first-order chi connectivity index (χ1) is 8.61. The maximum absolute atomic E-state index is 11.1. The number of carbonyl (C=O) groups excluding carboxylic acids is 1. The summed E-state index contributed by atoms with van der Waals surface area (Å²) in [5.41, 5.74) is 12.0. The van der Waals surface area contributed by atoms with Crippen molar-refractivity contribution in [1.82, 2.24) is 9.97 Å². The van der Waals surface area contributed by atoms with Crippen molar-refractivity contribution in [3.63, 3.8) is 0 Å². The van der Waals surface area contributed by atoms with Gasteiger partial charge in [0.15, 0.2) is 11.5 Å². The number of amides is 1. The van der Waals surface area contributed by atoms with Crippen molar-refractivity contribution in [3.05, 3.63) is 36.2 Å². The van der Waals surface area contributed by atoms with E-state index in [1.54, 1.807) is 0 Å². The second-order valence-corrected chi connectivity index (χ2v) is 4.21. The molecule has 92 valence electrons. The molecule has 6 nitrogen and oxygen atoms in total. The fourth-order valence-electron chi connectivity index (χ4n) is 1.45. The molecule has 0 aliphatic heterocycles. The van der Waals surface area contributed by atoms with Crippen LogP contribution in [0.5, 0.6) is 0 Å². The Hall–Kier alpha value is -2.12. The zero-order valence-corrected chi connectivity index (χ0v) is 10.1. The van der Waals surface area contributed by atoms with Gasteiger partial charge in [-0.2, -0.15) is 0 Å². The van der Waals surface area contributed by atoms with Gasteiger partial charge in [-0.25, -0.2) is 9.97 Å². The van der Waals surface area contributed by atoms with Gasteiger partial charge in [-0.1, -0.05) is 12.1 Å². The SMILES string of the molecule is NSc1cccc(-c2cnc(N)c(C(N)=O)n2)c1. The summed E-state index contributed by atoms with van der Waals surface area (Å²) < 4.78 is 0. The molecule has 1 aromatic heterocycles. The van der Waals surface area contributed by atoms with E-state index in [1.165, 1.54) is 6.20 Å². The molecule has 0 unspecified atom stereocenters. The van der Waals surface area contributed by atoms with Crippen LogP contribution in [0.3, 0.4) is 0 Å². The highest BCUT2D eigenvalue weighted by molar-refractivity contribution is 7.97. The molecule has 0 spiro atoms. The summed E-state index contributed by atoms with van der Waals surface area (Å²) in [7, 11) is 0. The maximum Gasteiger partial charge on any atom is 0.271 e. The molecular formula is C11H11N5OS. The van der Waals surface area contributed by atoms with E-state index in [9.17, 15) is 4.79 Å². The lowest BCUT2D eigenvalue weighted by atomic mass is 10.1. The largest absolute Gasteiger partial charge is 0.382 e. The van der Waals surface area contributed by atoms with Gasteiger partial charge in [0, 0.05) is 10.5 Å². The van der Waals surface area contributed by atoms with Crippen molar-refractivity contribution in [2.24, 2.45) is 10.9 Å². The molecule has 0 bridgehead atoms. The van der Waals surface area contributed by atoms with Gasteiger partial charge in [0.25, 0.3) is 5.91 Å². The molecule has 0 saturated carbocycles. The summed E-state index contributed by atoms with van der Waals surface area (Å²) in [6, 6.07) is 7.39. The minimum Gasteiger partial charge on any atom is -0.382 e. The first kappa shape index (κ1) is 12.3. The van der Waals surface area contributed by atoms with Gasteiger partial charge in [0.1, 0.15) is 0 Å². The van der Waals surface area contributed by atoms with Crippen molar-refractivity contribution in [2.75, 3.05) is 5.73 Å². The molecule has 0 aliphatic rings.